The third-order valence-corrected chi connectivity index (χ3v) is 6.21. The number of urea groups is 1. The maximum absolute atomic E-state index is 13.1. The molecule has 5 rings (SSSR count). The summed E-state index contributed by atoms with van der Waals surface area (Å²) in [5.41, 5.74) is 9.97. The predicted octanol–water partition coefficient (Wildman–Crippen LogP) is 3.13. The van der Waals surface area contributed by atoms with Gasteiger partial charge < -0.3 is 16.4 Å². The molecule has 38 heavy (non-hydrogen) atoms. The standard InChI is InChI=1S/C27H22N6O5/c28-12-11-15-1-5-17(6-2-15)24(23-20-14-19(33(37)38)9-10-21(20)30-26(23)35)29-18-7-3-16(4-8-18)13-22-25(34)32-27(36)31-22/h1-10,13-14,23H,11-12,28H2,(H,30,35)(H2,31,32,34,36). The smallest absolute Gasteiger partial charge is 0.326 e. The lowest BCUT2D eigenvalue weighted by molar-refractivity contribution is -0.384. The van der Waals surface area contributed by atoms with Crippen molar-refractivity contribution in [1.29, 1.82) is 0 Å². The summed E-state index contributed by atoms with van der Waals surface area (Å²) in [4.78, 5) is 52.0. The molecule has 0 bridgehead atoms. The van der Waals surface area contributed by atoms with Gasteiger partial charge in [-0.3, -0.25) is 30.0 Å². The lowest BCUT2D eigenvalue weighted by atomic mass is 9.90. The van der Waals surface area contributed by atoms with E-state index in [9.17, 15) is 24.5 Å². The minimum Gasteiger partial charge on any atom is -0.330 e. The summed E-state index contributed by atoms with van der Waals surface area (Å²) in [5, 5.41) is 18.8. The number of imide groups is 1. The average Bonchev–Trinajstić information content (AvgIpc) is 3.40. The first-order chi connectivity index (χ1) is 18.3. The highest BCUT2D eigenvalue weighted by Crippen LogP contribution is 2.38. The number of carbonyl (C=O) groups excluding carboxylic acids is 3. The van der Waals surface area contributed by atoms with Crippen LogP contribution in [0.2, 0.25) is 0 Å². The second-order valence-corrected chi connectivity index (χ2v) is 8.74. The number of nitro benzene ring substituents is 1. The molecule has 2 aliphatic rings. The topological polar surface area (TPSA) is 169 Å². The lowest BCUT2D eigenvalue weighted by Gasteiger charge is -2.14. The van der Waals surface area contributed by atoms with Crippen molar-refractivity contribution in [3.8, 4) is 0 Å². The van der Waals surface area contributed by atoms with Gasteiger partial charge in [0.15, 0.2) is 0 Å². The van der Waals surface area contributed by atoms with Gasteiger partial charge in [-0.15, -0.1) is 0 Å². The molecule has 1 fully saturated rings. The number of aliphatic imine (C=N–C) groups is 1. The molecule has 0 spiro atoms. The number of anilines is 1. The van der Waals surface area contributed by atoms with E-state index in [0.29, 0.717) is 46.7 Å². The van der Waals surface area contributed by atoms with Crippen molar-refractivity contribution in [2.75, 3.05) is 11.9 Å². The van der Waals surface area contributed by atoms with Gasteiger partial charge in [0.25, 0.3) is 11.6 Å². The van der Waals surface area contributed by atoms with Crippen LogP contribution in [0.5, 0.6) is 0 Å². The van der Waals surface area contributed by atoms with E-state index in [1.165, 1.54) is 24.3 Å². The number of nitrogens with zero attached hydrogens (tertiary/aromatic N) is 2. The molecule has 2 heterocycles. The molecule has 11 nitrogen and oxygen atoms in total. The van der Waals surface area contributed by atoms with Crippen LogP contribution in [0.4, 0.5) is 21.9 Å². The molecule has 11 heteroatoms. The monoisotopic (exact) mass is 510 g/mol. The fraction of sp³-hybridized carbons (Fsp3) is 0.111. The first kappa shape index (κ1) is 24.5. The Bertz CT molecular complexity index is 1530. The molecule has 2 aliphatic heterocycles. The van der Waals surface area contributed by atoms with Gasteiger partial charge >= 0.3 is 6.03 Å². The summed E-state index contributed by atoms with van der Waals surface area (Å²) in [7, 11) is 0. The van der Waals surface area contributed by atoms with Crippen molar-refractivity contribution in [1.82, 2.24) is 10.6 Å². The Morgan fingerprint density at radius 3 is 2.34 bits per heavy atom. The third-order valence-electron chi connectivity index (χ3n) is 6.21. The SMILES string of the molecule is NCCc1ccc(C(=Nc2ccc(C=C3NC(=O)NC3=O)cc2)C2C(=O)Nc3ccc([N+](=O)[O-])cc32)cc1. The van der Waals surface area contributed by atoms with Crippen molar-refractivity contribution < 1.29 is 19.3 Å². The van der Waals surface area contributed by atoms with Gasteiger partial charge in [0.1, 0.15) is 11.6 Å². The molecule has 0 aliphatic carbocycles. The van der Waals surface area contributed by atoms with Gasteiger partial charge in [-0.05, 0) is 53.9 Å². The minimum absolute atomic E-state index is 0.122. The van der Waals surface area contributed by atoms with Crippen LogP contribution in [0.25, 0.3) is 6.08 Å². The number of carbonyl (C=O) groups is 3. The molecule has 1 atom stereocenters. The van der Waals surface area contributed by atoms with Crippen LogP contribution in [-0.2, 0) is 16.0 Å². The molecule has 190 valence electrons. The van der Waals surface area contributed by atoms with E-state index in [-0.39, 0.29) is 17.3 Å². The molecule has 0 aromatic heterocycles. The van der Waals surface area contributed by atoms with Gasteiger partial charge in [0.2, 0.25) is 5.91 Å². The van der Waals surface area contributed by atoms with Crippen molar-refractivity contribution in [3.05, 3.63) is 105 Å². The molecular formula is C27H22N6O5. The van der Waals surface area contributed by atoms with Crippen LogP contribution in [-0.4, -0.2) is 35.0 Å². The van der Waals surface area contributed by atoms with Gasteiger partial charge in [-0.25, -0.2) is 4.79 Å². The maximum Gasteiger partial charge on any atom is 0.326 e. The molecule has 5 N–H and O–H groups in total. The summed E-state index contributed by atoms with van der Waals surface area (Å²) in [5.74, 6) is -1.73. The first-order valence-electron chi connectivity index (χ1n) is 11.7. The molecule has 4 amide bonds. The van der Waals surface area contributed by atoms with Gasteiger partial charge in [0, 0.05) is 23.4 Å². The number of rotatable bonds is 7. The molecular weight excluding hydrogens is 488 g/mol. The van der Waals surface area contributed by atoms with Crippen LogP contribution in [0.1, 0.15) is 28.2 Å². The van der Waals surface area contributed by atoms with Crippen LogP contribution in [0.3, 0.4) is 0 Å². The summed E-state index contributed by atoms with van der Waals surface area (Å²) < 4.78 is 0. The largest absolute Gasteiger partial charge is 0.330 e. The van der Waals surface area contributed by atoms with Gasteiger partial charge in [0.05, 0.1) is 16.3 Å². The number of benzene rings is 3. The second-order valence-electron chi connectivity index (χ2n) is 8.74. The van der Waals surface area contributed by atoms with Crippen molar-refractivity contribution in [2.24, 2.45) is 10.7 Å². The van der Waals surface area contributed by atoms with Crippen LogP contribution in [0.15, 0.2) is 77.4 Å². The molecule has 0 saturated carbocycles. The van der Waals surface area contributed by atoms with Crippen LogP contribution >= 0.6 is 0 Å². The van der Waals surface area contributed by atoms with E-state index < -0.39 is 22.8 Å². The predicted molar refractivity (Wildman–Crippen MR) is 141 cm³/mol. The summed E-state index contributed by atoms with van der Waals surface area (Å²) in [6.45, 7) is 0.496. The van der Waals surface area contributed by atoms with Crippen LogP contribution < -0.4 is 21.7 Å². The zero-order valence-corrected chi connectivity index (χ0v) is 19.9. The maximum atomic E-state index is 13.1. The van der Waals surface area contributed by atoms with E-state index in [1.54, 1.807) is 24.3 Å². The number of nitrogens with two attached hydrogens (primary N) is 1. The molecule has 0 radical (unpaired) electrons. The number of nitrogens with one attached hydrogen (secondary N) is 3. The van der Waals surface area contributed by atoms with Gasteiger partial charge in [-0.1, -0.05) is 36.4 Å². The van der Waals surface area contributed by atoms with Crippen molar-refractivity contribution in [3.63, 3.8) is 0 Å². The molecule has 3 aromatic rings. The van der Waals surface area contributed by atoms with Crippen molar-refractivity contribution >= 4 is 46.7 Å². The lowest BCUT2D eigenvalue weighted by Crippen LogP contribution is -2.22. The van der Waals surface area contributed by atoms with E-state index in [2.05, 4.69) is 16.0 Å². The highest BCUT2D eigenvalue weighted by atomic mass is 16.6. The van der Waals surface area contributed by atoms with Crippen LogP contribution in [0, 0.1) is 10.1 Å². The molecule has 3 aromatic carbocycles. The number of hydrogen-bond donors (Lipinski definition) is 4. The fourth-order valence-corrected chi connectivity index (χ4v) is 4.37. The minimum atomic E-state index is -0.871. The number of fused-ring (bicyclic) bond motifs is 1. The quantitative estimate of drug-likeness (QED) is 0.125. The van der Waals surface area contributed by atoms with E-state index in [0.717, 1.165) is 5.56 Å². The summed E-state index contributed by atoms with van der Waals surface area (Å²) >= 11 is 0. The Morgan fingerprint density at radius 1 is 0.974 bits per heavy atom. The number of amides is 4. The fourth-order valence-electron chi connectivity index (χ4n) is 4.37. The number of hydrogen-bond acceptors (Lipinski definition) is 7. The first-order valence-corrected chi connectivity index (χ1v) is 11.7. The summed E-state index contributed by atoms with van der Waals surface area (Å²) in [6, 6.07) is 18.1. The van der Waals surface area contributed by atoms with E-state index in [4.69, 9.17) is 10.7 Å². The zero-order valence-electron chi connectivity index (χ0n) is 19.9. The Hall–Kier alpha value is -5.16. The Morgan fingerprint density at radius 2 is 1.71 bits per heavy atom. The zero-order chi connectivity index (χ0) is 26.8. The average molecular weight is 511 g/mol. The molecule has 1 saturated heterocycles. The Labute approximate surface area is 216 Å². The van der Waals surface area contributed by atoms with Crippen molar-refractivity contribution in [2.45, 2.75) is 12.3 Å². The second kappa shape index (κ2) is 10.1. The van der Waals surface area contributed by atoms with E-state index in [1.807, 2.05) is 24.3 Å². The Balaban J connectivity index is 1.56. The van der Waals surface area contributed by atoms with E-state index >= 15 is 0 Å². The highest BCUT2D eigenvalue weighted by molar-refractivity contribution is 6.24. The molecule has 1 unspecified atom stereocenters. The highest BCUT2D eigenvalue weighted by Gasteiger charge is 2.36. The Kier molecular flexibility index (Phi) is 6.50. The normalized spacial score (nSPS) is 17.7. The number of nitro groups is 1. The summed E-state index contributed by atoms with van der Waals surface area (Å²) in [6.07, 6.45) is 2.23. The van der Waals surface area contributed by atoms with Gasteiger partial charge in [-0.2, -0.15) is 0 Å². The number of non-ortho nitro benzene ring substituents is 1. The third kappa shape index (κ3) is 4.90.